The van der Waals surface area contributed by atoms with Gasteiger partial charge in [-0.3, -0.25) is 34.0 Å². The lowest BCUT2D eigenvalue weighted by Gasteiger charge is -2.24. The Morgan fingerprint density at radius 1 is 1.10 bits per heavy atom. The Morgan fingerprint density at radius 3 is 2.67 bits per heavy atom. The van der Waals surface area contributed by atoms with E-state index >= 15 is 0 Å². The Balaban J connectivity index is 1.37. The minimum atomic E-state index is -0.833. The second-order valence-corrected chi connectivity index (χ2v) is 9.93. The Morgan fingerprint density at radius 2 is 1.93 bits per heavy atom. The average Bonchev–Trinajstić information content (AvgIpc) is 3.42. The highest BCUT2D eigenvalue weighted by atomic mass is 16.5. The van der Waals surface area contributed by atoms with Crippen molar-refractivity contribution in [2.24, 2.45) is 0 Å². The van der Waals surface area contributed by atoms with Gasteiger partial charge in [-0.25, -0.2) is 9.67 Å². The molecule has 0 bridgehead atoms. The number of anilines is 1. The maximum atomic E-state index is 13.7. The number of hydrogen-bond acceptors (Lipinski definition) is 8. The van der Waals surface area contributed by atoms with Crippen molar-refractivity contribution in [1.82, 2.24) is 29.6 Å². The van der Waals surface area contributed by atoms with Crippen molar-refractivity contribution >= 4 is 34.3 Å². The van der Waals surface area contributed by atoms with E-state index in [0.717, 1.165) is 18.5 Å². The Labute approximate surface area is 228 Å². The molecule has 6 rings (SSSR count). The van der Waals surface area contributed by atoms with E-state index in [9.17, 15) is 19.2 Å². The Kier molecular flexibility index (Phi) is 6.68. The first-order chi connectivity index (χ1) is 19.4. The number of nitrogens with zero attached hydrogens (tertiary/aromatic N) is 5. The van der Waals surface area contributed by atoms with Crippen LogP contribution >= 0.6 is 0 Å². The van der Waals surface area contributed by atoms with E-state index in [-0.39, 0.29) is 36.0 Å². The second-order valence-electron chi connectivity index (χ2n) is 9.93. The molecule has 12 nitrogen and oxygen atoms in total. The molecule has 3 amide bonds. The largest absolute Gasteiger partial charge is 0.381 e. The number of rotatable bonds is 5. The van der Waals surface area contributed by atoms with Crippen molar-refractivity contribution in [1.29, 1.82) is 0 Å². The number of benzene rings is 1. The van der Waals surface area contributed by atoms with E-state index in [1.165, 1.54) is 4.57 Å². The Hall–Kier alpha value is -4.71. The van der Waals surface area contributed by atoms with Crippen LogP contribution in [0.4, 0.5) is 5.69 Å². The lowest BCUT2D eigenvalue weighted by molar-refractivity contribution is -0.135. The van der Waals surface area contributed by atoms with Gasteiger partial charge in [-0.15, -0.1) is 0 Å². The molecule has 0 spiro atoms. The number of fused-ring (bicyclic) bond motifs is 1. The number of pyridine rings is 1. The third kappa shape index (κ3) is 4.66. The number of para-hydroxylation sites is 1. The molecule has 1 aromatic carbocycles. The van der Waals surface area contributed by atoms with Crippen LogP contribution in [0.2, 0.25) is 0 Å². The summed E-state index contributed by atoms with van der Waals surface area (Å²) in [5.74, 6) is -0.907. The molecule has 5 heterocycles. The number of aromatic nitrogens is 5. The van der Waals surface area contributed by atoms with Crippen LogP contribution in [-0.4, -0.2) is 55.3 Å². The highest BCUT2D eigenvalue weighted by Crippen LogP contribution is 2.30. The van der Waals surface area contributed by atoms with E-state index < -0.39 is 17.5 Å². The van der Waals surface area contributed by atoms with E-state index in [4.69, 9.17) is 9.84 Å². The molecule has 0 saturated carbocycles. The third-order valence-corrected chi connectivity index (χ3v) is 7.38. The summed E-state index contributed by atoms with van der Waals surface area (Å²) in [4.78, 5) is 60.1. The molecule has 2 saturated heterocycles. The van der Waals surface area contributed by atoms with Crippen molar-refractivity contribution < 1.29 is 19.1 Å². The summed E-state index contributed by atoms with van der Waals surface area (Å²) in [6.07, 6.45) is 6.88. The zero-order chi connectivity index (χ0) is 27.8. The summed E-state index contributed by atoms with van der Waals surface area (Å²) in [6.45, 7) is 2.82. The van der Waals surface area contributed by atoms with Crippen molar-refractivity contribution in [3.8, 4) is 5.69 Å². The van der Waals surface area contributed by atoms with E-state index in [1.54, 1.807) is 54.5 Å². The predicted octanol–water partition coefficient (Wildman–Crippen LogP) is 2.41. The number of aryl methyl sites for hydroxylation is 1. The molecule has 12 heteroatoms. The van der Waals surface area contributed by atoms with E-state index in [0.29, 0.717) is 41.5 Å². The SMILES string of the molecule is Cc1nc2c(NC(=O)c3cn(-c4cccnc4)nc3C3CCOCC3)cccc2c(=O)n1C1CCC(=O)NC1=O. The van der Waals surface area contributed by atoms with Crippen molar-refractivity contribution in [2.45, 2.75) is 44.6 Å². The van der Waals surface area contributed by atoms with Crippen LogP contribution in [0, 0.1) is 6.92 Å². The quantitative estimate of drug-likeness (QED) is 0.366. The molecule has 2 aliphatic heterocycles. The van der Waals surface area contributed by atoms with Gasteiger partial charge in [0, 0.05) is 37.9 Å². The van der Waals surface area contributed by atoms with Gasteiger partial charge in [-0.1, -0.05) is 6.07 Å². The fourth-order valence-electron chi connectivity index (χ4n) is 5.37. The number of ether oxygens (including phenoxy) is 1. The summed E-state index contributed by atoms with van der Waals surface area (Å²) >= 11 is 0. The Bertz CT molecular complexity index is 1690. The van der Waals surface area contributed by atoms with Crippen LogP contribution < -0.4 is 16.2 Å². The number of nitrogens with one attached hydrogen (secondary N) is 2. The monoisotopic (exact) mass is 541 g/mol. The summed E-state index contributed by atoms with van der Waals surface area (Å²) in [5, 5.41) is 10.2. The molecule has 3 aromatic heterocycles. The molecule has 0 aliphatic carbocycles. The van der Waals surface area contributed by atoms with Crippen LogP contribution in [0.15, 0.2) is 53.7 Å². The number of piperidine rings is 1. The highest BCUT2D eigenvalue weighted by molar-refractivity contribution is 6.09. The smallest absolute Gasteiger partial charge is 0.262 e. The normalized spacial score (nSPS) is 18.1. The summed E-state index contributed by atoms with van der Waals surface area (Å²) in [7, 11) is 0. The van der Waals surface area contributed by atoms with Gasteiger partial charge < -0.3 is 10.1 Å². The lowest BCUT2D eigenvalue weighted by atomic mass is 9.94. The number of carbonyl (C=O) groups is 3. The first-order valence-corrected chi connectivity index (χ1v) is 13.2. The molecule has 2 fully saturated rings. The first-order valence-electron chi connectivity index (χ1n) is 13.2. The topological polar surface area (TPSA) is 150 Å². The number of carbonyl (C=O) groups excluding carboxylic acids is 3. The van der Waals surface area contributed by atoms with E-state index in [2.05, 4.69) is 20.6 Å². The van der Waals surface area contributed by atoms with Crippen LogP contribution in [0.25, 0.3) is 16.6 Å². The van der Waals surface area contributed by atoms with Gasteiger partial charge in [0.1, 0.15) is 17.4 Å². The van der Waals surface area contributed by atoms with Gasteiger partial charge in [-0.05, 0) is 50.5 Å². The molecular formula is C28H27N7O5. The van der Waals surface area contributed by atoms with Crippen molar-refractivity contribution in [3.63, 3.8) is 0 Å². The van der Waals surface area contributed by atoms with Crippen LogP contribution in [0.1, 0.15) is 59.5 Å². The minimum absolute atomic E-state index is 0.0565. The van der Waals surface area contributed by atoms with Gasteiger partial charge in [-0.2, -0.15) is 5.10 Å². The van der Waals surface area contributed by atoms with Gasteiger partial charge in [0.25, 0.3) is 11.5 Å². The molecule has 2 N–H and O–H groups in total. The molecular weight excluding hydrogens is 514 g/mol. The molecule has 2 aliphatic rings. The van der Waals surface area contributed by atoms with Crippen LogP contribution in [0.5, 0.6) is 0 Å². The number of amides is 3. The third-order valence-electron chi connectivity index (χ3n) is 7.38. The maximum absolute atomic E-state index is 13.7. The fraction of sp³-hybridized carbons (Fsp3) is 0.321. The lowest BCUT2D eigenvalue weighted by Crippen LogP contribution is -2.45. The standard InChI is InChI=1S/C28H27N7O5/c1-16-30-25-19(28(39)35(16)22-7-8-23(36)32-27(22)38)5-2-6-21(25)31-26(37)20-15-34(18-4-3-11-29-14-18)33-24(20)17-9-12-40-13-10-17/h2-6,11,14-15,17,22H,7-10,12-13H2,1H3,(H,31,37)(H,32,36,38). The van der Waals surface area contributed by atoms with Gasteiger partial charge in [0.05, 0.1) is 34.2 Å². The molecule has 1 unspecified atom stereocenters. The first kappa shape index (κ1) is 25.6. The van der Waals surface area contributed by atoms with Crippen molar-refractivity contribution in [3.05, 3.63) is 76.4 Å². The number of imide groups is 1. The maximum Gasteiger partial charge on any atom is 0.262 e. The molecule has 40 heavy (non-hydrogen) atoms. The molecule has 1 atom stereocenters. The van der Waals surface area contributed by atoms with Gasteiger partial charge >= 0.3 is 0 Å². The fourth-order valence-corrected chi connectivity index (χ4v) is 5.37. The van der Waals surface area contributed by atoms with Crippen LogP contribution in [0.3, 0.4) is 0 Å². The molecule has 4 aromatic rings. The summed E-state index contributed by atoms with van der Waals surface area (Å²) in [6, 6.07) is 7.78. The summed E-state index contributed by atoms with van der Waals surface area (Å²) < 4.78 is 8.48. The molecule has 0 radical (unpaired) electrons. The zero-order valence-electron chi connectivity index (χ0n) is 21.8. The number of hydrogen-bond donors (Lipinski definition) is 2. The van der Waals surface area contributed by atoms with E-state index in [1.807, 2.05) is 6.07 Å². The van der Waals surface area contributed by atoms with Gasteiger partial charge in [0.2, 0.25) is 11.8 Å². The highest BCUT2D eigenvalue weighted by Gasteiger charge is 2.31. The molecule has 204 valence electrons. The minimum Gasteiger partial charge on any atom is -0.381 e. The zero-order valence-corrected chi connectivity index (χ0v) is 21.8. The van der Waals surface area contributed by atoms with Gasteiger partial charge in [0.15, 0.2) is 0 Å². The van der Waals surface area contributed by atoms with Crippen LogP contribution in [-0.2, 0) is 14.3 Å². The average molecular weight is 542 g/mol. The predicted molar refractivity (Wildman–Crippen MR) is 144 cm³/mol. The summed E-state index contributed by atoms with van der Waals surface area (Å²) in [5.41, 5.74) is 2.08. The second kappa shape index (κ2) is 10.5. The van der Waals surface area contributed by atoms with Crippen molar-refractivity contribution in [2.75, 3.05) is 18.5 Å².